The molecule has 0 aliphatic heterocycles. The summed E-state index contributed by atoms with van der Waals surface area (Å²) in [5, 5.41) is 9.74. The molecular formula is C24H27NO2. The van der Waals surface area contributed by atoms with E-state index in [1.165, 1.54) is 0 Å². The molecule has 1 atom stereocenters. The number of benzene rings is 2. The lowest BCUT2D eigenvalue weighted by Crippen LogP contribution is -2.16. The Bertz CT molecular complexity index is 747. The summed E-state index contributed by atoms with van der Waals surface area (Å²) < 4.78 is 5.55. The molecule has 27 heavy (non-hydrogen) atoms. The van der Waals surface area contributed by atoms with Crippen LogP contribution in [0.3, 0.4) is 0 Å². The lowest BCUT2D eigenvalue weighted by Gasteiger charge is -2.16. The van der Waals surface area contributed by atoms with Gasteiger partial charge in [-0.25, -0.2) is 4.79 Å². The number of nitrogens with zero attached hydrogens (tertiary/aromatic N) is 1. The molecule has 0 unspecified atom stereocenters. The fourth-order valence-electron chi connectivity index (χ4n) is 3.03. The molecule has 3 heteroatoms. The summed E-state index contributed by atoms with van der Waals surface area (Å²) in [6.07, 6.45) is 4.25. The van der Waals surface area contributed by atoms with Gasteiger partial charge in [0.15, 0.2) is 0 Å². The average molecular weight is 361 g/mol. The summed E-state index contributed by atoms with van der Waals surface area (Å²) in [7, 11) is 0. The van der Waals surface area contributed by atoms with E-state index in [-0.39, 0.29) is 5.57 Å². The Balaban J connectivity index is 2.33. The molecule has 2 aromatic rings. The second-order valence-electron chi connectivity index (χ2n) is 6.61. The molecule has 2 rings (SSSR count). The Morgan fingerprint density at radius 1 is 1.00 bits per heavy atom. The molecular weight excluding hydrogens is 334 g/mol. The summed E-state index contributed by atoms with van der Waals surface area (Å²) in [6, 6.07) is 21.1. The molecule has 0 aromatic heterocycles. The van der Waals surface area contributed by atoms with Gasteiger partial charge in [0, 0.05) is 5.57 Å². The quantitative estimate of drug-likeness (QED) is 0.323. The minimum absolute atomic E-state index is 0.0535. The van der Waals surface area contributed by atoms with Gasteiger partial charge >= 0.3 is 5.97 Å². The summed E-state index contributed by atoms with van der Waals surface area (Å²) in [5.74, 6) is -0.208. The van der Waals surface area contributed by atoms with Gasteiger partial charge < -0.3 is 4.74 Å². The van der Waals surface area contributed by atoms with Crippen LogP contribution in [0.25, 0.3) is 5.57 Å². The van der Waals surface area contributed by atoms with E-state index in [0.29, 0.717) is 18.1 Å². The van der Waals surface area contributed by atoms with Crippen molar-refractivity contribution in [2.75, 3.05) is 6.61 Å². The third kappa shape index (κ3) is 5.82. The van der Waals surface area contributed by atoms with Gasteiger partial charge in [-0.05, 0) is 23.5 Å². The molecule has 0 fully saturated rings. The molecule has 0 bridgehead atoms. The average Bonchev–Trinajstić information content (AvgIpc) is 2.73. The van der Waals surface area contributed by atoms with Crippen LogP contribution in [0.1, 0.15) is 50.7 Å². The van der Waals surface area contributed by atoms with E-state index in [1.54, 1.807) is 0 Å². The maximum Gasteiger partial charge on any atom is 0.349 e. The molecule has 0 aliphatic carbocycles. The van der Waals surface area contributed by atoms with Crippen LogP contribution < -0.4 is 0 Å². The van der Waals surface area contributed by atoms with Crippen molar-refractivity contribution in [1.82, 2.24) is 0 Å². The van der Waals surface area contributed by atoms with E-state index in [9.17, 15) is 10.1 Å². The van der Waals surface area contributed by atoms with E-state index in [2.05, 4.69) is 19.9 Å². The number of unbranched alkanes of at least 4 members (excludes halogenated alkanes) is 1. The van der Waals surface area contributed by atoms with Gasteiger partial charge in [0.05, 0.1) is 6.61 Å². The van der Waals surface area contributed by atoms with Crippen LogP contribution in [-0.4, -0.2) is 12.6 Å². The van der Waals surface area contributed by atoms with Crippen molar-refractivity contribution >= 4 is 11.5 Å². The molecule has 0 spiro atoms. The Kier molecular flexibility index (Phi) is 8.32. The summed E-state index contributed by atoms with van der Waals surface area (Å²) in [5.41, 5.74) is 2.33. The topological polar surface area (TPSA) is 50.1 Å². The number of nitriles is 1. The first-order valence-electron chi connectivity index (χ1n) is 9.63. The van der Waals surface area contributed by atoms with Crippen LogP contribution in [0, 0.1) is 17.2 Å². The molecule has 0 amide bonds. The van der Waals surface area contributed by atoms with Crippen LogP contribution in [-0.2, 0) is 9.53 Å². The minimum Gasteiger partial charge on any atom is -0.461 e. The van der Waals surface area contributed by atoms with E-state index in [0.717, 1.165) is 36.8 Å². The maximum absolute atomic E-state index is 12.8. The largest absolute Gasteiger partial charge is 0.461 e. The standard InChI is InChI=1S/C24H27NO2/c1-3-5-12-19(4-2)18-27-24(26)22(17-25)23(20-13-8-6-9-14-20)21-15-10-7-11-16-21/h6-11,13-16,19H,3-5,12,18H2,1-2H3/t19-/m0/s1. The number of hydrogen-bond donors (Lipinski definition) is 0. The van der Waals surface area contributed by atoms with Crippen molar-refractivity contribution in [2.45, 2.75) is 39.5 Å². The summed E-state index contributed by atoms with van der Waals surface area (Å²) in [4.78, 5) is 12.8. The minimum atomic E-state index is -0.546. The van der Waals surface area contributed by atoms with Crippen molar-refractivity contribution in [1.29, 1.82) is 5.26 Å². The molecule has 0 aliphatic rings. The van der Waals surface area contributed by atoms with Crippen LogP contribution in [0.15, 0.2) is 66.2 Å². The molecule has 0 saturated carbocycles. The molecule has 140 valence electrons. The third-order valence-corrected chi connectivity index (χ3v) is 4.68. The van der Waals surface area contributed by atoms with Gasteiger partial charge in [-0.3, -0.25) is 0 Å². The van der Waals surface area contributed by atoms with Crippen molar-refractivity contribution in [2.24, 2.45) is 5.92 Å². The van der Waals surface area contributed by atoms with Gasteiger partial charge in [0.25, 0.3) is 0 Å². The van der Waals surface area contributed by atoms with Gasteiger partial charge in [-0.2, -0.15) is 5.26 Å². The number of hydrogen-bond acceptors (Lipinski definition) is 3. The number of esters is 1. The van der Waals surface area contributed by atoms with Gasteiger partial charge in [0.2, 0.25) is 0 Å². The Morgan fingerprint density at radius 2 is 1.56 bits per heavy atom. The first-order chi connectivity index (χ1) is 13.2. The molecule has 0 heterocycles. The fraction of sp³-hybridized carbons (Fsp3) is 0.333. The predicted molar refractivity (Wildman–Crippen MR) is 109 cm³/mol. The zero-order valence-electron chi connectivity index (χ0n) is 16.2. The first-order valence-corrected chi connectivity index (χ1v) is 9.63. The summed E-state index contributed by atoms with van der Waals surface area (Å²) in [6.45, 7) is 4.62. The first kappa shape index (κ1) is 20.5. The summed E-state index contributed by atoms with van der Waals surface area (Å²) >= 11 is 0. The number of rotatable bonds is 9. The monoisotopic (exact) mass is 361 g/mol. The van der Waals surface area contributed by atoms with Crippen molar-refractivity contribution in [3.05, 3.63) is 77.4 Å². The zero-order valence-corrected chi connectivity index (χ0v) is 16.2. The van der Waals surface area contributed by atoms with Crippen LogP contribution in [0.4, 0.5) is 0 Å². The molecule has 0 N–H and O–H groups in total. The van der Waals surface area contributed by atoms with Crippen LogP contribution in [0.2, 0.25) is 0 Å². The fourth-order valence-corrected chi connectivity index (χ4v) is 3.03. The third-order valence-electron chi connectivity index (χ3n) is 4.68. The van der Waals surface area contributed by atoms with E-state index in [4.69, 9.17) is 4.74 Å². The van der Waals surface area contributed by atoms with Gasteiger partial charge in [0.1, 0.15) is 11.6 Å². The SMILES string of the molecule is CCCC[C@H](CC)COC(=O)C(C#N)=C(c1ccccc1)c1ccccc1. The van der Waals surface area contributed by atoms with Gasteiger partial charge in [-0.15, -0.1) is 0 Å². The van der Waals surface area contributed by atoms with Gasteiger partial charge in [-0.1, -0.05) is 93.8 Å². The Hall–Kier alpha value is -2.86. The molecule has 2 aromatic carbocycles. The second-order valence-corrected chi connectivity index (χ2v) is 6.61. The van der Waals surface area contributed by atoms with Crippen molar-refractivity contribution in [3.63, 3.8) is 0 Å². The molecule has 0 radical (unpaired) electrons. The highest BCUT2D eigenvalue weighted by Crippen LogP contribution is 2.27. The lowest BCUT2D eigenvalue weighted by atomic mass is 9.93. The molecule has 3 nitrogen and oxygen atoms in total. The van der Waals surface area contributed by atoms with Crippen molar-refractivity contribution in [3.8, 4) is 6.07 Å². The highest BCUT2D eigenvalue weighted by molar-refractivity contribution is 6.05. The normalized spacial score (nSPS) is 11.3. The number of carbonyl (C=O) groups is 1. The number of carbonyl (C=O) groups excluding carboxylic acids is 1. The van der Waals surface area contributed by atoms with E-state index >= 15 is 0 Å². The van der Waals surface area contributed by atoms with E-state index < -0.39 is 5.97 Å². The van der Waals surface area contributed by atoms with Crippen molar-refractivity contribution < 1.29 is 9.53 Å². The highest BCUT2D eigenvalue weighted by atomic mass is 16.5. The highest BCUT2D eigenvalue weighted by Gasteiger charge is 2.21. The Morgan fingerprint density at radius 3 is 2.00 bits per heavy atom. The predicted octanol–water partition coefficient (Wildman–Crippen LogP) is 5.77. The zero-order chi connectivity index (χ0) is 19.5. The number of ether oxygens (including phenoxy) is 1. The maximum atomic E-state index is 12.8. The molecule has 0 saturated heterocycles. The van der Waals surface area contributed by atoms with Crippen LogP contribution >= 0.6 is 0 Å². The second kappa shape index (κ2) is 11.0. The Labute approximate surface area is 162 Å². The smallest absolute Gasteiger partial charge is 0.349 e. The van der Waals surface area contributed by atoms with E-state index in [1.807, 2.05) is 60.7 Å². The lowest BCUT2D eigenvalue weighted by molar-refractivity contribution is -0.139. The van der Waals surface area contributed by atoms with Crippen LogP contribution in [0.5, 0.6) is 0 Å².